The second kappa shape index (κ2) is 5.15. The second-order valence-electron chi connectivity index (χ2n) is 4.71. The van der Waals surface area contributed by atoms with Crippen molar-refractivity contribution < 1.29 is 0 Å². The van der Waals surface area contributed by atoms with Gasteiger partial charge in [-0.05, 0) is 20.8 Å². The van der Waals surface area contributed by atoms with Crippen LogP contribution >= 0.6 is 0 Å². The number of imidazole rings is 1. The molecule has 0 aliphatic heterocycles. The van der Waals surface area contributed by atoms with E-state index >= 15 is 0 Å². The molecule has 0 aromatic carbocycles. The van der Waals surface area contributed by atoms with Gasteiger partial charge in [0.2, 0.25) is 5.95 Å². The van der Waals surface area contributed by atoms with Gasteiger partial charge in [-0.3, -0.25) is 13.9 Å². The average Bonchev–Trinajstić information content (AvgIpc) is 2.77. The van der Waals surface area contributed by atoms with E-state index in [0.29, 0.717) is 17.7 Å². The van der Waals surface area contributed by atoms with E-state index in [0.717, 1.165) is 23.6 Å². The van der Waals surface area contributed by atoms with Gasteiger partial charge in [0.25, 0.3) is 5.56 Å². The van der Waals surface area contributed by atoms with Gasteiger partial charge in [0.15, 0.2) is 11.2 Å². The Kier molecular flexibility index (Phi) is 3.69. The molecule has 7 heteroatoms. The lowest BCUT2D eigenvalue weighted by Crippen LogP contribution is -2.38. The quantitative estimate of drug-likeness (QED) is 0.807. The number of fused-ring (bicyclic) bond motifs is 1. The van der Waals surface area contributed by atoms with E-state index in [-0.39, 0.29) is 11.2 Å². The molecule has 0 bridgehead atoms. The fourth-order valence-corrected chi connectivity index (χ4v) is 2.49. The minimum absolute atomic E-state index is 0.303. The molecule has 2 rings (SSSR count). The smallest absolute Gasteiger partial charge is 0.332 e. The van der Waals surface area contributed by atoms with Crippen molar-refractivity contribution in [3.63, 3.8) is 0 Å². The first kappa shape index (κ1) is 14.4. The van der Waals surface area contributed by atoms with E-state index in [1.54, 1.807) is 4.57 Å². The van der Waals surface area contributed by atoms with Crippen LogP contribution in [-0.4, -0.2) is 31.8 Å². The topological polar surface area (TPSA) is 65.1 Å². The zero-order chi connectivity index (χ0) is 15.0. The summed E-state index contributed by atoms with van der Waals surface area (Å²) in [4.78, 5) is 31.0. The Bertz CT molecular complexity index is 749. The molecule has 0 saturated heterocycles. The monoisotopic (exact) mass is 279 g/mol. The Labute approximate surface area is 117 Å². The number of hydrogen-bond acceptors (Lipinski definition) is 4. The van der Waals surface area contributed by atoms with Crippen LogP contribution in [0.15, 0.2) is 9.59 Å². The molecule has 0 aliphatic carbocycles. The van der Waals surface area contributed by atoms with Crippen molar-refractivity contribution in [1.29, 1.82) is 0 Å². The van der Waals surface area contributed by atoms with E-state index in [9.17, 15) is 9.59 Å². The predicted molar refractivity (Wildman–Crippen MR) is 79.5 cm³/mol. The molecular formula is C13H21N5O2. The zero-order valence-electron chi connectivity index (χ0n) is 12.7. The molecule has 110 valence electrons. The first-order valence-electron chi connectivity index (χ1n) is 6.89. The molecule has 2 heterocycles. The maximum absolute atomic E-state index is 12.3. The van der Waals surface area contributed by atoms with Gasteiger partial charge >= 0.3 is 5.69 Å². The molecule has 0 N–H and O–H groups in total. The van der Waals surface area contributed by atoms with Crippen LogP contribution in [0.25, 0.3) is 11.2 Å². The van der Waals surface area contributed by atoms with Crippen molar-refractivity contribution in [3.8, 4) is 0 Å². The highest BCUT2D eigenvalue weighted by Crippen LogP contribution is 2.17. The maximum atomic E-state index is 12.3. The molecule has 0 atom stereocenters. The summed E-state index contributed by atoms with van der Waals surface area (Å²) < 4.78 is 4.44. The molecule has 0 amide bonds. The average molecular weight is 279 g/mol. The molecule has 20 heavy (non-hydrogen) atoms. The summed E-state index contributed by atoms with van der Waals surface area (Å²) in [6.07, 6.45) is 0. The summed E-state index contributed by atoms with van der Waals surface area (Å²) in [5.74, 6) is 0.718. The highest BCUT2D eigenvalue weighted by Gasteiger charge is 2.19. The molecule has 2 aromatic heterocycles. The summed E-state index contributed by atoms with van der Waals surface area (Å²) in [6, 6.07) is 0. The first-order valence-corrected chi connectivity index (χ1v) is 6.89. The van der Waals surface area contributed by atoms with E-state index < -0.39 is 0 Å². The van der Waals surface area contributed by atoms with E-state index in [2.05, 4.69) is 9.88 Å². The molecule has 0 aliphatic rings. The third kappa shape index (κ3) is 1.85. The van der Waals surface area contributed by atoms with E-state index in [1.807, 2.05) is 27.8 Å². The van der Waals surface area contributed by atoms with E-state index in [4.69, 9.17) is 0 Å². The Morgan fingerprint density at radius 3 is 2.15 bits per heavy atom. The molecule has 0 unspecified atom stereocenters. The predicted octanol–water partition coefficient (Wildman–Crippen LogP) is 0.300. The van der Waals surface area contributed by atoms with Crippen molar-refractivity contribution in [3.05, 3.63) is 20.8 Å². The molecule has 0 spiro atoms. The number of rotatable bonds is 4. The fourth-order valence-electron chi connectivity index (χ4n) is 2.49. The van der Waals surface area contributed by atoms with Crippen molar-refractivity contribution in [2.24, 2.45) is 14.1 Å². The highest BCUT2D eigenvalue weighted by atomic mass is 16.2. The van der Waals surface area contributed by atoms with Gasteiger partial charge < -0.3 is 9.47 Å². The molecular weight excluding hydrogens is 258 g/mol. The number of hydrogen-bond donors (Lipinski definition) is 0. The van der Waals surface area contributed by atoms with Crippen LogP contribution in [0.5, 0.6) is 0 Å². The Morgan fingerprint density at radius 1 is 1.05 bits per heavy atom. The van der Waals surface area contributed by atoms with Crippen LogP contribution < -0.4 is 16.1 Å². The Hall–Kier alpha value is -2.05. The van der Waals surface area contributed by atoms with E-state index in [1.165, 1.54) is 11.6 Å². The molecule has 0 fully saturated rings. The van der Waals surface area contributed by atoms with Gasteiger partial charge in [0.1, 0.15) is 0 Å². The zero-order valence-corrected chi connectivity index (χ0v) is 12.7. The third-order valence-electron chi connectivity index (χ3n) is 3.70. The van der Waals surface area contributed by atoms with Crippen LogP contribution in [0.3, 0.4) is 0 Å². The number of nitrogens with zero attached hydrogens (tertiary/aromatic N) is 5. The molecule has 7 nitrogen and oxygen atoms in total. The summed E-state index contributed by atoms with van der Waals surface area (Å²) in [5.41, 5.74) is 0.304. The van der Waals surface area contributed by atoms with Gasteiger partial charge in [-0.25, -0.2) is 4.79 Å². The summed E-state index contributed by atoms with van der Waals surface area (Å²) in [7, 11) is 3.31. The number of aryl methyl sites for hydroxylation is 2. The molecule has 0 radical (unpaired) electrons. The SMILES string of the molecule is CCN(CC)c1nc2c(c(=O)n(C)c(=O)n2CC)n1C. The van der Waals surface area contributed by atoms with Crippen molar-refractivity contribution >= 4 is 17.1 Å². The van der Waals surface area contributed by atoms with Crippen LogP contribution in [0.1, 0.15) is 20.8 Å². The summed E-state index contributed by atoms with van der Waals surface area (Å²) in [5, 5.41) is 0. The van der Waals surface area contributed by atoms with Gasteiger partial charge in [0.05, 0.1) is 0 Å². The van der Waals surface area contributed by atoms with Crippen molar-refractivity contribution in [2.45, 2.75) is 27.3 Å². The van der Waals surface area contributed by atoms with Crippen molar-refractivity contribution in [1.82, 2.24) is 18.7 Å². The lowest BCUT2D eigenvalue weighted by Gasteiger charge is -2.19. The normalized spacial score (nSPS) is 11.2. The summed E-state index contributed by atoms with van der Waals surface area (Å²) in [6.45, 7) is 8.02. The minimum Gasteiger partial charge on any atom is -0.343 e. The number of anilines is 1. The van der Waals surface area contributed by atoms with Gasteiger partial charge in [-0.1, -0.05) is 0 Å². The van der Waals surface area contributed by atoms with Crippen LogP contribution in [0.2, 0.25) is 0 Å². The van der Waals surface area contributed by atoms with Gasteiger partial charge in [0, 0.05) is 33.7 Å². The first-order chi connectivity index (χ1) is 9.47. The van der Waals surface area contributed by atoms with Gasteiger partial charge in [-0.2, -0.15) is 4.98 Å². The maximum Gasteiger partial charge on any atom is 0.332 e. The number of aromatic nitrogens is 4. The van der Waals surface area contributed by atoms with Crippen LogP contribution in [0.4, 0.5) is 5.95 Å². The lowest BCUT2D eigenvalue weighted by molar-refractivity contribution is 0.651. The molecule has 2 aromatic rings. The Balaban J connectivity index is 2.94. The van der Waals surface area contributed by atoms with Gasteiger partial charge in [-0.15, -0.1) is 0 Å². The van der Waals surface area contributed by atoms with Crippen molar-refractivity contribution in [2.75, 3.05) is 18.0 Å². The Morgan fingerprint density at radius 2 is 1.65 bits per heavy atom. The fraction of sp³-hybridized carbons (Fsp3) is 0.615. The van der Waals surface area contributed by atoms with Crippen LogP contribution in [-0.2, 0) is 20.6 Å². The minimum atomic E-state index is -0.325. The largest absolute Gasteiger partial charge is 0.343 e. The second-order valence-corrected chi connectivity index (χ2v) is 4.71. The third-order valence-corrected chi connectivity index (χ3v) is 3.70. The lowest BCUT2D eigenvalue weighted by atomic mass is 10.5. The van der Waals surface area contributed by atoms with Crippen LogP contribution in [0, 0.1) is 0 Å². The standard InChI is InChI=1S/C13H21N5O2/c1-6-17(7-2)12-14-10-9(15(12)4)11(19)16(5)13(20)18(10)8-3/h6-8H2,1-5H3. The molecule has 0 saturated carbocycles. The highest BCUT2D eigenvalue weighted by molar-refractivity contribution is 5.74. The summed E-state index contributed by atoms with van der Waals surface area (Å²) >= 11 is 0.